The number of benzene rings is 3. The maximum absolute atomic E-state index is 6.02. The van der Waals surface area contributed by atoms with E-state index in [1.54, 1.807) is 0 Å². The zero-order valence-electron chi connectivity index (χ0n) is 14.9. The van der Waals surface area contributed by atoms with E-state index in [4.69, 9.17) is 5.73 Å². The largest absolute Gasteiger partial charge is 0.368 e. The van der Waals surface area contributed by atoms with Crippen molar-refractivity contribution >= 4 is 27.8 Å². The van der Waals surface area contributed by atoms with Crippen LogP contribution in [0.15, 0.2) is 78.9 Å². The smallest absolute Gasteiger partial charge is 0.221 e. The van der Waals surface area contributed by atoms with Crippen molar-refractivity contribution in [1.29, 1.82) is 0 Å². The first kappa shape index (κ1) is 15.6. The second-order valence-electron chi connectivity index (χ2n) is 6.67. The van der Waals surface area contributed by atoms with Crippen LogP contribution in [0.3, 0.4) is 0 Å². The Bertz CT molecular complexity index is 1290. The maximum Gasteiger partial charge on any atom is 0.221 e. The molecule has 2 aromatic heterocycles. The molecule has 0 aliphatic carbocycles. The molecule has 5 aromatic rings. The fourth-order valence-corrected chi connectivity index (χ4v) is 3.70. The summed E-state index contributed by atoms with van der Waals surface area (Å²) in [7, 11) is 2.10. The van der Waals surface area contributed by atoms with Crippen LogP contribution in [0.4, 0.5) is 5.95 Å². The van der Waals surface area contributed by atoms with Crippen molar-refractivity contribution in [3.63, 3.8) is 0 Å². The van der Waals surface area contributed by atoms with Crippen LogP contribution in [0.5, 0.6) is 0 Å². The van der Waals surface area contributed by atoms with Gasteiger partial charge in [-0.3, -0.25) is 0 Å². The van der Waals surface area contributed by atoms with Gasteiger partial charge in [0.1, 0.15) is 0 Å². The zero-order valence-corrected chi connectivity index (χ0v) is 14.9. The lowest BCUT2D eigenvalue weighted by Crippen LogP contribution is -1.98. The van der Waals surface area contributed by atoms with Gasteiger partial charge in [-0.2, -0.15) is 0 Å². The number of hydrogen-bond donors (Lipinski definition) is 1. The Labute approximate surface area is 156 Å². The Hall–Kier alpha value is -3.66. The van der Waals surface area contributed by atoms with Crippen molar-refractivity contribution in [3.05, 3.63) is 78.9 Å². The van der Waals surface area contributed by atoms with Gasteiger partial charge in [0.05, 0.1) is 11.4 Å². The monoisotopic (exact) mass is 350 g/mol. The molecule has 0 saturated heterocycles. The topological polar surface area (TPSA) is 56.7 Å². The van der Waals surface area contributed by atoms with E-state index in [9.17, 15) is 0 Å². The Balaban J connectivity index is 1.72. The van der Waals surface area contributed by atoms with E-state index in [0.29, 0.717) is 0 Å². The van der Waals surface area contributed by atoms with Crippen LogP contribution in [0.1, 0.15) is 0 Å². The maximum atomic E-state index is 6.02. The van der Waals surface area contributed by atoms with Crippen LogP contribution in [0, 0.1) is 0 Å². The summed E-state index contributed by atoms with van der Waals surface area (Å²) in [5, 5.41) is 2.45. The summed E-state index contributed by atoms with van der Waals surface area (Å²) < 4.78 is 2.22. The molecule has 5 rings (SSSR count). The fraction of sp³-hybridized carbons (Fsp3) is 0.0435. The number of fused-ring (bicyclic) bond motifs is 3. The number of nitrogen functional groups attached to an aromatic ring is 1. The molecule has 0 unspecified atom stereocenters. The highest BCUT2D eigenvalue weighted by Crippen LogP contribution is 2.32. The van der Waals surface area contributed by atoms with Crippen LogP contribution < -0.4 is 5.73 Å². The lowest BCUT2D eigenvalue weighted by Gasteiger charge is -2.07. The third kappa shape index (κ3) is 2.54. The van der Waals surface area contributed by atoms with E-state index >= 15 is 0 Å². The molecule has 0 spiro atoms. The molecule has 0 saturated carbocycles. The number of aromatic nitrogens is 3. The zero-order chi connectivity index (χ0) is 18.4. The van der Waals surface area contributed by atoms with Gasteiger partial charge in [-0.1, -0.05) is 54.6 Å². The van der Waals surface area contributed by atoms with Crippen LogP contribution in [0.2, 0.25) is 0 Å². The van der Waals surface area contributed by atoms with Crippen molar-refractivity contribution < 1.29 is 0 Å². The second-order valence-corrected chi connectivity index (χ2v) is 6.67. The highest BCUT2D eigenvalue weighted by atomic mass is 15.0. The summed E-state index contributed by atoms with van der Waals surface area (Å²) in [6, 6.07) is 26.9. The number of rotatable bonds is 2. The first-order chi connectivity index (χ1) is 13.2. The fourth-order valence-electron chi connectivity index (χ4n) is 3.70. The molecule has 0 amide bonds. The van der Waals surface area contributed by atoms with Crippen molar-refractivity contribution in [2.75, 3.05) is 5.73 Å². The van der Waals surface area contributed by atoms with Gasteiger partial charge in [0.15, 0.2) is 0 Å². The number of aryl methyl sites for hydroxylation is 1. The number of para-hydroxylation sites is 1. The number of hydrogen-bond acceptors (Lipinski definition) is 3. The molecule has 4 heteroatoms. The van der Waals surface area contributed by atoms with Gasteiger partial charge in [0.2, 0.25) is 5.95 Å². The van der Waals surface area contributed by atoms with Gasteiger partial charge in [-0.05, 0) is 24.3 Å². The molecule has 4 nitrogen and oxygen atoms in total. The molecular formula is C23H18N4. The summed E-state index contributed by atoms with van der Waals surface area (Å²) in [6.45, 7) is 0. The molecule has 0 fully saturated rings. The molecule has 2 N–H and O–H groups in total. The summed E-state index contributed by atoms with van der Waals surface area (Å²) in [5.41, 5.74) is 12.2. The molecule has 0 atom stereocenters. The molecule has 27 heavy (non-hydrogen) atoms. The molecule has 0 bridgehead atoms. The molecule has 2 heterocycles. The first-order valence-electron chi connectivity index (χ1n) is 8.88. The summed E-state index contributed by atoms with van der Waals surface area (Å²) in [4.78, 5) is 8.89. The number of nitrogens with zero attached hydrogens (tertiary/aromatic N) is 3. The summed E-state index contributed by atoms with van der Waals surface area (Å²) in [6.07, 6.45) is 0. The van der Waals surface area contributed by atoms with E-state index in [2.05, 4.69) is 64.0 Å². The van der Waals surface area contributed by atoms with Crippen molar-refractivity contribution in [1.82, 2.24) is 14.5 Å². The molecule has 0 aliphatic heterocycles. The van der Waals surface area contributed by atoms with E-state index in [1.807, 2.05) is 36.4 Å². The van der Waals surface area contributed by atoms with E-state index < -0.39 is 0 Å². The Morgan fingerprint density at radius 1 is 0.667 bits per heavy atom. The number of nitrogens with two attached hydrogens (primary N) is 1. The lowest BCUT2D eigenvalue weighted by molar-refractivity contribution is 1.01. The highest BCUT2D eigenvalue weighted by Gasteiger charge is 2.11. The van der Waals surface area contributed by atoms with Crippen molar-refractivity contribution in [2.24, 2.45) is 7.05 Å². The average Bonchev–Trinajstić information content (AvgIpc) is 3.00. The van der Waals surface area contributed by atoms with Crippen LogP contribution in [-0.4, -0.2) is 14.5 Å². The molecule has 3 aromatic carbocycles. The molecule has 130 valence electrons. The average molecular weight is 350 g/mol. The number of anilines is 1. The van der Waals surface area contributed by atoms with Crippen LogP contribution in [-0.2, 0) is 7.05 Å². The van der Waals surface area contributed by atoms with Gasteiger partial charge in [0.25, 0.3) is 0 Å². The Kier molecular flexibility index (Phi) is 3.44. The third-order valence-corrected chi connectivity index (χ3v) is 5.02. The Morgan fingerprint density at radius 2 is 1.33 bits per heavy atom. The molecule has 0 aliphatic rings. The van der Waals surface area contributed by atoms with Crippen molar-refractivity contribution in [2.45, 2.75) is 0 Å². The standard InChI is InChI=1S/C23H18N4/c1-27-21-10-6-5-9-17(21)18-13-16(11-12-22(18)27)20-14-19(25-23(24)26-20)15-7-3-2-4-8-15/h2-14H,1H3,(H2,24,25,26). The minimum Gasteiger partial charge on any atom is -0.368 e. The van der Waals surface area contributed by atoms with Gasteiger partial charge in [0, 0.05) is 40.0 Å². The lowest BCUT2D eigenvalue weighted by atomic mass is 10.0. The molecular weight excluding hydrogens is 332 g/mol. The summed E-state index contributed by atoms with van der Waals surface area (Å²) in [5.74, 6) is 0.282. The third-order valence-electron chi connectivity index (χ3n) is 5.02. The minimum atomic E-state index is 0.282. The molecule has 0 radical (unpaired) electrons. The van der Waals surface area contributed by atoms with E-state index in [0.717, 1.165) is 22.5 Å². The normalized spacial score (nSPS) is 11.3. The first-order valence-corrected chi connectivity index (χ1v) is 8.88. The summed E-state index contributed by atoms with van der Waals surface area (Å²) >= 11 is 0. The van der Waals surface area contributed by atoms with Crippen LogP contribution in [0.25, 0.3) is 44.3 Å². The van der Waals surface area contributed by atoms with Gasteiger partial charge in [-0.15, -0.1) is 0 Å². The SMILES string of the molecule is Cn1c2ccccc2c2cc(-c3cc(-c4ccccc4)nc(N)n3)ccc21. The highest BCUT2D eigenvalue weighted by molar-refractivity contribution is 6.09. The second kappa shape index (κ2) is 5.95. The van der Waals surface area contributed by atoms with Crippen molar-refractivity contribution in [3.8, 4) is 22.5 Å². The predicted octanol–water partition coefficient (Wildman–Crippen LogP) is 5.04. The van der Waals surface area contributed by atoms with Gasteiger partial charge >= 0.3 is 0 Å². The van der Waals surface area contributed by atoms with E-state index in [1.165, 1.54) is 21.8 Å². The van der Waals surface area contributed by atoms with Gasteiger partial charge < -0.3 is 10.3 Å². The van der Waals surface area contributed by atoms with Crippen LogP contribution >= 0.6 is 0 Å². The van der Waals surface area contributed by atoms with Gasteiger partial charge in [-0.25, -0.2) is 9.97 Å². The van der Waals surface area contributed by atoms with E-state index in [-0.39, 0.29) is 5.95 Å². The Morgan fingerprint density at radius 3 is 2.15 bits per heavy atom. The minimum absolute atomic E-state index is 0.282. The predicted molar refractivity (Wildman–Crippen MR) is 111 cm³/mol. The quantitative estimate of drug-likeness (QED) is 0.485.